The SMILES string of the molecule is Cc1cc(NN)nc(-c2ccc(Br)c(Br)c2)n1. The minimum absolute atomic E-state index is 0.603. The van der Waals surface area contributed by atoms with E-state index in [0.717, 1.165) is 20.2 Å². The zero-order valence-electron chi connectivity index (χ0n) is 9.04. The largest absolute Gasteiger partial charge is 0.308 e. The first-order chi connectivity index (χ1) is 8.10. The number of hydrazine groups is 1. The summed E-state index contributed by atoms with van der Waals surface area (Å²) in [7, 11) is 0. The topological polar surface area (TPSA) is 63.8 Å². The van der Waals surface area contributed by atoms with Crippen molar-refractivity contribution in [1.29, 1.82) is 0 Å². The molecule has 4 nitrogen and oxygen atoms in total. The zero-order chi connectivity index (χ0) is 12.4. The average Bonchev–Trinajstić information content (AvgIpc) is 2.32. The molecule has 88 valence electrons. The normalized spacial score (nSPS) is 10.4. The third kappa shape index (κ3) is 2.83. The number of hydrogen-bond donors (Lipinski definition) is 2. The predicted octanol–water partition coefficient (Wildman–Crippen LogP) is 3.26. The second-order valence-electron chi connectivity index (χ2n) is 3.49. The first-order valence-corrected chi connectivity index (χ1v) is 6.46. The molecule has 0 spiro atoms. The third-order valence-corrected chi connectivity index (χ3v) is 4.06. The molecule has 0 unspecified atom stereocenters. The number of nitrogens with two attached hydrogens (primary N) is 1. The van der Waals surface area contributed by atoms with Crippen molar-refractivity contribution in [2.45, 2.75) is 6.92 Å². The van der Waals surface area contributed by atoms with Crippen LogP contribution in [0, 0.1) is 6.92 Å². The Morgan fingerprint density at radius 1 is 1.12 bits per heavy atom. The van der Waals surface area contributed by atoms with Gasteiger partial charge in [-0.2, -0.15) is 0 Å². The van der Waals surface area contributed by atoms with Gasteiger partial charge in [0.25, 0.3) is 0 Å². The van der Waals surface area contributed by atoms with E-state index in [1.165, 1.54) is 0 Å². The van der Waals surface area contributed by atoms with Crippen molar-refractivity contribution in [2.75, 3.05) is 5.43 Å². The monoisotopic (exact) mass is 356 g/mol. The van der Waals surface area contributed by atoms with Gasteiger partial charge in [-0.1, -0.05) is 0 Å². The molecule has 0 aliphatic heterocycles. The maximum Gasteiger partial charge on any atom is 0.161 e. The highest BCUT2D eigenvalue weighted by molar-refractivity contribution is 9.13. The Labute approximate surface area is 116 Å². The first kappa shape index (κ1) is 12.5. The van der Waals surface area contributed by atoms with Gasteiger partial charge >= 0.3 is 0 Å². The Balaban J connectivity index is 2.52. The van der Waals surface area contributed by atoms with E-state index in [9.17, 15) is 0 Å². The molecule has 17 heavy (non-hydrogen) atoms. The maximum atomic E-state index is 5.36. The van der Waals surface area contributed by atoms with E-state index in [0.29, 0.717) is 11.6 Å². The fourth-order valence-electron chi connectivity index (χ4n) is 1.41. The van der Waals surface area contributed by atoms with Crippen LogP contribution in [0.3, 0.4) is 0 Å². The summed E-state index contributed by atoms with van der Waals surface area (Å²) in [4.78, 5) is 8.69. The Bertz CT molecular complexity index is 557. The number of nitrogens with one attached hydrogen (secondary N) is 1. The molecule has 0 atom stereocenters. The number of halogens is 2. The van der Waals surface area contributed by atoms with E-state index < -0.39 is 0 Å². The first-order valence-electron chi connectivity index (χ1n) is 4.88. The van der Waals surface area contributed by atoms with Gasteiger partial charge in [0, 0.05) is 26.3 Å². The van der Waals surface area contributed by atoms with E-state index in [4.69, 9.17) is 5.84 Å². The van der Waals surface area contributed by atoms with Gasteiger partial charge in [0.2, 0.25) is 0 Å². The average molecular weight is 358 g/mol. The summed E-state index contributed by atoms with van der Waals surface area (Å²) in [6.07, 6.45) is 0. The third-order valence-electron chi connectivity index (χ3n) is 2.18. The molecule has 0 fully saturated rings. The quantitative estimate of drug-likeness (QED) is 0.639. The molecule has 1 aromatic heterocycles. The summed E-state index contributed by atoms with van der Waals surface area (Å²) in [5, 5.41) is 0. The summed E-state index contributed by atoms with van der Waals surface area (Å²) in [5.74, 6) is 6.61. The van der Waals surface area contributed by atoms with Gasteiger partial charge in [-0.15, -0.1) is 0 Å². The molecular weight excluding hydrogens is 348 g/mol. The molecule has 0 aliphatic carbocycles. The van der Waals surface area contributed by atoms with Crippen molar-refractivity contribution in [2.24, 2.45) is 5.84 Å². The number of aryl methyl sites for hydroxylation is 1. The number of hydrogen-bond acceptors (Lipinski definition) is 4. The van der Waals surface area contributed by atoms with Gasteiger partial charge in [-0.05, 0) is 57.0 Å². The van der Waals surface area contributed by atoms with E-state index in [1.807, 2.05) is 25.1 Å². The molecule has 0 amide bonds. The molecule has 0 radical (unpaired) electrons. The van der Waals surface area contributed by atoms with Crippen LogP contribution in [0.4, 0.5) is 5.82 Å². The fourth-order valence-corrected chi connectivity index (χ4v) is 2.03. The smallest absolute Gasteiger partial charge is 0.161 e. The molecule has 0 bridgehead atoms. The highest BCUT2D eigenvalue weighted by atomic mass is 79.9. The van der Waals surface area contributed by atoms with Crippen molar-refractivity contribution in [1.82, 2.24) is 9.97 Å². The van der Waals surface area contributed by atoms with Crippen LogP contribution in [-0.4, -0.2) is 9.97 Å². The maximum absolute atomic E-state index is 5.36. The van der Waals surface area contributed by atoms with Gasteiger partial charge in [0.15, 0.2) is 5.82 Å². The minimum atomic E-state index is 0.603. The molecule has 2 aromatic rings. The number of nitrogen functional groups attached to an aromatic ring is 1. The zero-order valence-corrected chi connectivity index (χ0v) is 12.2. The molecule has 2 rings (SSSR count). The number of benzene rings is 1. The molecule has 3 N–H and O–H groups in total. The van der Waals surface area contributed by atoms with E-state index in [2.05, 4.69) is 47.3 Å². The second-order valence-corrected chi connectivity index (χ2v) is 5.20. The lowest BCUT2D eigenvalue weighted by Gasteiger charge is -2.06. The minimum Gasteiger partial charge on any atom is -0.308 e. The highest BCUT2D eigenvalue weighted by Gasteiger charge is 2.06. The van der Waals surface area contributed by atoms with Gasteiger partial charge in [0.1, 0.15) is 5.82 Å². The lowest BCUT2D eigenvalue weighted by molar-refractivity contribution is 1.09. The number of aromatic nitrogens is 2. The van der Waals surface area contributed by atoms with Crippen molar-refractivity contribution < 1.29 is 0 Å². The molecule has 1 aromatic carbocycles. The van der Waals surface area contributed by atoms with Crippen molar-refractivity contribution >= 4 is 37.7 Å². The van der Waals surface area contributed by atoms with Crippen LogP contribution in [0.25, 0.3) is 11.4 Å². The van der Waals surface area contributed by atoms with Crippen molar-refractivity contribution in [3.05, 3.63) is 38.9 Å². The Morgan fingerprint density at radius 2 is 1.88 bits per heavy atom. The summed E-state index contributed by atoms with van der Waals surface area (Å²) in [6, 6.07) is 7.64. The molecule has 0 aliphatic rings. The number of nitrogens with zero attached hydrogens (tertiary/aromatic N) is 2. The van der Waals surface area contributed by atoms with Gasteiger partial charge in [0.05, 0.1) is 0 Å². The van der Waals surface area contributed by atoms with Crippen LogP contribution in [0.2, 0.25) is 0 Å². The molecule has 0 saturated heterocycles. The second kappa shape index (κ2) is 5.12. The molecule has 6 heteroatoms. The van der Waals surface area contributed by atoms with Crippen LogP contribution in [0.5, 0.6) is 0 Å². The van der Waals surface area contributed by atoms with Crippen molar-refractivity contribution in [3.8, 4) is 11.4 Å². The van der Waals surface area contributed by atoms with E-state index in [1.54, 1.807) is 6.07 Å². The Hall–Kier alpha value is -0.980. The summed E-state index contributed by atoms with van der Waals surface area (Å²) >= 11 is 6.88. The Morgan fingerprint density at radius 3 is 2.53 bits per heavy atom. The van der Waals surface area contributed by atoms with Crippen LogP contribution < -0.4 is 11.3 Å². The molecule has 0 saturated carbocycles. The van der Waals surface area contributed by atoms with Crippen LogP contribution in [-0.2, 0) is 0 Å². The van der Waals surface area contributed by atoms with Gasteiger partial charge in [-0.25, -0.2) is 15.8 Å². The number of anilines is 1. The highest BCUT2D eigenvalue weighted by Crippen LogP contribution is 2.28. The number of rotatable bonds is 2. The van der Waals surface area contributed by atoms with Gasteiger partial charge in [-0.3, -0.25) is 0 Å². The molecule has 1 heterocycles. The fraction of sp³-hybridized carbons (Fsp3) is 0.0909. The van der Waals surface area contributed by atoms with E-state index >= 15 is 0 Å². The van der Waals surface area contributed by atoms with Crippen LogP contribution in [0.15, 0.2) is 33.2 Å². The lowest BCUT2D eigenvalue weighted by atomic mass is 10.2. The summed E-state index contributed by atoms with van der Waals surface area (Å²) < 4.78 is 1.95. The van der Waals surface area contributed by atoms with E-state index in [-0.39, 0.29) is 0 Å². The van der Waals surface area contributed by atoms with Crippen LogP contribution in [0.1, 0.15) is 5.69 Å². The predicted molar refractivity (Wildman–Crippen MR) is 75.4 cm³/mol. The standard InChI is InChI=1S/C11H10Br2N4/c1-6-4-10(17-14)16-11(15-6)7-2-3-8(12)9(13)5-7/h2-5H,14H2,1H3,(H,15,16,17). The summed E-state index contributed by atoms with van der Waals surface area (Å²) in [6.45, 7) is 1.90. The summed E-state index contributed by atoms with van der Waals surface area (Å²) in [5.41, 5.74) is 4.33. The lowest BCUT2D eigenvalue weighted by Crippen LogP contribution is -2.09. The Kier molecular flexibility index (Phi) is 3.76. The van der Waals surface area contributed by atoms with Crippen molar-refractivity contribution in [3.63, 3.8) is 0 Å². The van der Waals surface area contributed by atoms with Crippen LogP contribution >= 0.6 is 31.9 Å². The molecular formula is C11H10Br2N4. The van der Waals surface area contributed by atoms with Gasteiger partial charge < -0.3 is 5.43 Å².